The van der Waals surface area contributed by atoms with Crippen LogP contribution in [0, 0.1) is 11.6 Å². The number of anilines is 1. The molecular formula is C14H10F5N. The van der Waals surface area contributed by atoms with Gasteiger partial charge in [-0.05, 0) is 17.7 Å². The molecule has 0 fully saturated rings. The minimum atomic E-state index is -4.56. The molecule has 1 atom stereocenters. The first-order chi connectivity index (χ1) is 9.38. The highest BCUT2D eigenvalue weighted by Crippen LogP contribution is 2.35. The van der Waals surface area contributed by atoms with Crippen LogP contribution in [0.25, 0.3) is 0 Å². The first kappa shape index (κ1) is 14.3. The summed E-state index contributed by atoms with van der Waals surface area (Å²) in [5.41, 5.74) is -0.153. The van der Waals surface area contributed by atoms with Crippen LogP contribution in [0.4, 0.5) is 27.6 Å². The molecule has 0 spiro atoms. The van der Waals surface area contributed by atoms with Crippen LogP contribution >= 0.6 is 0 Å². The van der Waals surface area contributed by atoms with E-state index in [0.717, 1.165) is 12.1 Å². The van der Waals surface area contributed by atoms with Gasteiger partial charge >= 0.3 is 6.18 Å². The van der Waals surface area contributed by atoms with E-state index < -0.39 is 23.9 Å². The second kappa shape index (κ2) is 5.48. The van der Waals surface area contributed by atoms with Gasteiger partial charge in [-0.2, -0.15) is 13.2 Å². The summed E-state index contributed by atoms with van der Waals surface area (Å²) in [5.74, 6) is -2.32. The van der Waals surface area contributed by atoms with Gasteiger partial charge in [0.1, 0.15) is 6.04 Å². The predicted octanol–water partition coefficient (Wildman–Crippen LogP) is 4.68. The second-order valence-corrected chi connectivity index (χ2v) is 4.16. The van der Waals surface area contributed by atoms with Gasteiger partial charge in [0.15, 0.2) is 11.6 Å². The van der Waals surface area contributed by atoms with Crippen LogP contribution in [0.2, 0.25) is 0 Å². The molecule has 0 radical (unpaired) electrons. The highest BCUT2D eigenvalue weighted by molar-refractivity contribution is 5.46. The highest BCUT2D eigenvalue weighted by Gasteiger charge is 2.40. The molecular weight excluding hydrogens is 277 g/mol. The summed E-state index contributed by atoms with van der Waals surface area (Å²) in [5, 5.41) is 2.17. The van der Waals surface area contributed by atoms with Crippen molar-refractivity contribution in [3.63, 3.8) is 0 Å². The Labute approximate surface area is 112 Å². The molecule has 20 heavy (non-hydrogen) atoms. The fraction of sp³-hybridized carbons (Fsp3) is 0.143. The number of benzene rings is 2. The summed E-state index contributed by atoms with van der Waals surface area (Å²) in [6.07, 6.45) is -4.56. The van der Waals surface area contributed by atoms with E-state index in [1.165, 1.54) is 24.3 Å². The lowest BCUT2D eigenvalue weighted by Gasteiger charge is -2.23. The Balaban J connectivity index is 2.31. The van der Waals surface area contributed by atoms with Gasteiger partial charge in [-0.25, -0.2) is 8.78 Å². The summed E-state index contributed by atoms with van der Waals surface area (Å²) in [6, 6.07) is 7.69. The van der Waals surface area contributed by atoms with Crippen molar-refractivity contribution in [2.24, 2.45) is 0 Å². The van der Waals surface area contributed by atoms with E-state index in [-0.39, 0.29) is 11.3 Å². The summed E-state index contributed by atoms with van der Waals surface area (Å²) in [7, 11) is 0. The predicted molar refractivity (Wildman–Crippen MR) is 65.2 cm³/mol. The molecule has 6 heteroatoms. The number of alkyl halides is 3. The summed E-state index contributed by atoms with van der Waals surface area (Å²) >= 11 is 0. The van der Waals surface area contributed by atoms with Crippen LogP contribution in [0.15, 0.2) is 48.5 Å². The smallest absolute Gasteiger partial charge is 0.370 e. The molecule has 0 amide bonds. The van der Waals surface area contributed by atoms with Gasteiger partial charge in [0.05, 0.1) is 0 Å². The van der Waals surface area contributed by atoms with Gasteiger partial charge in [0.2, 0.25) is 0 Å². The van der Waals surface area contributed by atoms with E-state index in [4.69, 9.17) is 0 Å². The number of nitrogens with one attached hydrogen (secondary N) is 1. The lowest BCUT2D eigenvalue weighted by atomic mass is 10.1. The normalized spacial score (nSPS) is 13.1. The fourth-order valence-electron chi connectivity index (χ4n) is 1.75. The molecule has 1 nitrogen and oxygen atoms in total. The van der Waals surface area contributed by atoms with Crippen molar-refractivity contribution >= 4 is 5.69 Å². The maximum atomic E-state index is 13.0. The third-order valence-electron chi connectivity index (χ3n) is 2.69. The third kappa shape index (κ3) is 3.26. The first-order valence-electron chi connectivity index (χ1n) is 5.71. The molecule has 106 valence electrons. The standard InChI is InChI=1S/C14H10F5N/c15-11-7-6-10(8-12(11)16)20-13(14(17,18)19)9-4-2-1-3-5-9/h1-8,13,20H. The molecule has 0 bridgehead atoms. The van der Waals surface area contributed by atoms with E-state index in [0.29, 0.717) is 6.07 Å². The molecule has 2 rings (SSSR count). The van der Waals surface area contributed by atoms with Crippen LogP contribution in [-0.2, 0) is 0 Å². The third-order valence-corrected chi connectivity index (χ3v) is 2.69. The maximum absolute atomic E-state index is 13.0. The summed E-state index contributed by atoms with van der Waals surface area (Å²) < 4.78 is 64.9. The minimum absolute atomic E-state index is 0.00951. The average Bonchev–Trinajstić information content (AvgIpc) is 2.39. The van der Waals surface area contributed by atoms with Crippen LogP contribution in [0.3, 0.4) is 0 Å². The fourth-order valence-corrected chi connectivity index (χ4v) is 1.75. The van der Waals surface area contributed by atoms with Gasteiger partial charge in [0, 0.05) is 11.8 Å². The number of halogens is 5. The summed E-state index contributed by atoms with van der Waals surface area (Å²) in [6.45, 7) is 0. The van der Waals surface area contributed by atoms with E-state index in [1.54, 1.807) is 6.07 Å². The van der Waals surface area contributed by atoms with Crippen molar-refractivity contribution in [3.05, 3.63) is 65.7 Å². The first-order valence-corrected chi connectivity index (χ1v) is 5.71. The van der Waals surface area contributed by atoms with E-state index >= 15 is 0 Å². The molecule has 2 aromatic rings. The number of hydrogen-bond acceptors (Lipinski definition) is 1. The Bertz CT molecular complexity index is 580. The van der Waals surface area contributed by atoms with E-state index in [9.17, 15) is 22.0 Å². The van der Waals surface area contributed by atoms with Crippen LogP contribution in [0.1, 0.15) is 11.6 Å². The van der Waals surface area contributed by atoms with E-state index in [1.807, 2.05) is 0 Å². The molecule has 0 heterocycles. The minimum Gasteiger partial charge on any atom is -0.370 e. The number of rotatable bonds is 3. The van der Waals surface area contributed by atoms with Gasteiger partial charge in [-0.15, -0.1) is 0 Å². The molecule has 0 aliphatic rings. The Morgan fingerprint density at radius 3 is 2.05 bits per heavy atom. The molecule has 0 aromatic heterocycles. The van der Waals surface area contributed by atoms with Crippen LogP contribution in [0.5, 0.6) is 0 Å². The lowest BCUT2D eigenvalue weighted by molar-refractivity contribution is -0.144. The molecule has 1 unspecified atom stereocenters. The Morgan fingerprint density at radius 1 is 0.850 bits per heavy atom. The summed E-state index contributed by atoms with van der Waals surface area (Å²) in [4.78, 5) is 0. The van der Waals surface area contributed by atoms with Gasteiger partial charge in [-0.3, -0.25) is 0 Å². The van der Waals surface area contributed by atoms with Crippen molar-refractivity contribution in [2.45, 2.75) is 12.2 Å². The van der Waals surface area contributed by atoms with Crippen molar-refractivity contribution in [1.29, 1.82) is 0 Å². The van der Waals surface area contributed by atoms with Crippen LogP contribution in [-0.4, -0.2) is 6.18 Å². The number of hydrogen-bond donors (Lipinski definition) is 1. The molecule has 0 aliphatic heterocycles. The van der Waals surface area contributed by atoms with Crippen molar-refractivity contribution in [2.75, 3.05) is 5.32 Å². The molecule has 1 N–H and O–H groups in total. The quantitative estimate of drug-likeness (QED) is 0.808. The van der Waals surface area contributed by atoms with Gasteiger partial charge < -0.3 is 5.32 Å². The Hall–Kier alpha value is -2.11. The Morgan fingerprint density at radius 2 is 1.50 bits per heavy atom. The zero-order chi connectivity index (χ0) is 14.8. The monoisotopic (exact) mass is 287 g/mol. The zero-order valence-electron chi connectivity index (χ0n) is 10.1. The van der Waals surface area contributed by atoms with Gasteiger partial charge in [-0.1, -0.05) is 30.3 Å². The van der Waals surface area contributed by atoms with Crippen molar-refractivity contribution in [3.8, 4) is 0 Å². The largest absolute Gasteiger partial charge is 0.412 e. The average molecular weight is 287 g/mol. The van der Waals surface area contributed by atoms with E-state index in [2.05, 4.69) is 5.32 Å². The van der Waals surface area contributed by atoms with Crippen molar-refractivity contribution < 1.29 is 22.0 Å². The van der Waals surface area contributed by atoms with Gasteiger partial charge in [0.25, 0.3) is 0 Å². The van der Waals surface area contributed by atoms with Crippen LogP contribution < -0.4 is 5.32 Å². The lowest BCUT2D eigenvalue weighted by Crippen LogP contribution is -2.27. The topological polar surface area (TPSA) is 12.0 Å². The SMILES string of the molecule is Fc1ccc(NC(c2ccccc2)C(F)(F)F)cc1F. The van der Waals surface area contributed by atoms with Crippen molar-refractivity contribution in [1.82, 2.24) is 0 Å². The maximum Gasteiger partial charge on any atom is 0.412 e. The molecule has 0 saturated heterocycles. The molecule has 2 aromatic carbocycles. The molecule has 0 saturated carbocycles. The molecule has 0 aliphatic carbocycles. The Kier molecular flexibility index (Phi) is 3.92. The highest BCUT2D eigenvalue weighted by atomic mass is 19.4. The second-order valence-electron chi connectivity index (χ2n) is 4.16. The zero-order valence-corrected chi connectivity index (χ0v) is 10.1.